The lowest BCUT2D eigenvalue weighted by atomic mass is 10.0. The number of nitrogens with zero attached hydrogens (tertiary/aromatic N) is 2. The second-order valence-electron chi connectivity index (χ2n) is 10.3. The highest BCUT2D eigenvalue weighted by atomic mass is 79.9. The van der Waals surface area contributed by atoms with Crippen LogP contribution >= 0.6 is 15.9 Å². The van der Waals surface area contributed by atoms with Crippen LogP contribution in [-0.2, 0) is 20.7 Å². The number of fused-ring (bicyclic) bond motifs is 1. The Hall–Kier alpha value is -1.80. The summed E-state index contributed by atoms with van der Waals surface area (Å²) in [5.74, 6) is -0.569. The average molecular weight is 496 g/mol. The highest BCUT2D eigenvalue weighted by Crippen LogP contribution is 2.31. The molecule has 7 nitrogen and oxygen atoms in total. The van der Waals surface area contributed by atoms with Gasteiger partial charge in [-0.2, -0.15) is 0 Å². The number of amides is 2. The molecule has 0 saturated carbocycles. The first-order valence-corrected chi connectivity index (χ1v) is 11.6. The van der Waals surface area contributed by atoms with Crippen molar-refractivity contribution in [3.05, 3.63) is 28.2 Å². The zero-order valence-electron chi connectivity index (χ0n) is 19.3. The molecule has 0 aliphatic carbocycles. The minimum Gasteiger partial charge on any atom is -0.460 e. The fraction of sp³-hybridized carbons (Fsp3) is 0.652. The van der Waals surface area contributed by atoms with E-state index < -0.39 is 5.60 Å². The van der Waals surface area contributed by atoms with Crippen molar-refractivity contribution in [2.45, 2.75) is 71.7 Å². The van der Waals surface area contributed by atoms with Crippen LogP contribution in [0, 0.1) is 5.92 Å². The highest BCUT2D eigenvalue weighted by molar-refractivity contribution is 9.10. The number of hydrazine groups is 1. The fourth-order valence-corrected chi connectivity index (χ4v) is 4.21. The summed E-state index contributed by atoms with van der Waals surface area (Å²) >= 11 is 3.52. The Morgan fingerprint density at radius 1 is 1.06 bits per heavy atom. The number of halogens is 1. The van der Waals surface area contributed by atoms with E-state index in [9.17, 15) is 9.59 Å². The van der Waals surface area contributed by atoms with Gasteiger partial charge in [0.25, 0.3) is 0 Å². The first kappa shape index (κ1) is 23.9. The summed E-state index contributed by atoms with van der Waals surface area (Å²) in [6.07, 6.45) is 1.44. The van der Waals surface area contributed by atoms with Crippen LogP contribution in [0.1, 0.15) is 53.5 Å². The van der Waals surface area contributed by atoms with E-state index >= 15 is 0 Å². The summed E-state index contributed by atoms with van der Waals surface area (Å²) in [4.78, 5) is 27.4. The third kappa shape index (κ3) is 6.59. The summed E-state index contributed by atoms with van der Waals surface area (Å²) in [6, 6.07) is 5.77. The third-order valence-corrected chi connectivity index (χ3v) is 5.62. The number of anilines is 1. The molecule has 1 N–H and O–H groups in total. The van der Waals surface area contributed by atoms with Gasteiger partial charge in [-0.15, -0.1) is 0 Å². The number of ether oxygens (including phenoxy) is 2. The smallest absolute Gasteiger partial charge is 0.336 e. The molecule has 1 saturated heterocycles. The number of hydrogen-bond acceptors (Lipinski definition) is 5. The Morgan fingerprint density at radius 2 is 1.74 bits per heavy atom. The van der Waals surface area contributed by atoms with Gasteiger partial charge in [0.15, 0.2) is 0 Å². The minimum absolute atomic E-state index is 0.0487. The number of nitrogens with one attached hydrogen (secondary N) is 1. The molecule has 2 amide bonds. The second kappa shape index (κ2) is 8.98. The molecule has 0 bridgehead atoms. The first-order valence-electron chi connectivity index (χ1n) is 10.8. The van der Waals surface area contributed by atoms with E-state index in [1.807, 2.05) is 59.7 Å². The van der Waals surface area contributed by atoms with Crippen molar-refractivity contribution in [2.75, 3.05) is 24.6 Å². The molecule has 0 spiro atoms. The topological polar surface area (TPSA) is 71.1 Å². The van der Waals surface area contributed by atoms with Gasteiger partial charge in [0.1, 0.15) is 5.60 Å². The third-order valence-electron chi connectivity index (χ3n) is 5.12. The van der Waals surface area contributed by atoms with Crippen molar-refractivity contribution in [3.8, 4) is 0 Å². The number of hydrogen-bond donors (Lipinski definition) is 1. The summed E-state index contributed by atoms with van der Waals surface area (Å²) < 4.78 is 12.5. The predicted molar refractivity (Wildman–Crippen MR) is 124 cm³/mol. The predicted octanol–water partition coefficient (Wildman–Crippen LogP) is 4.28. The zero-order chi connectivity index (χ0) is 23.0. The van der Waals surface area contributed by atoms with E-state index in [2.05, 4.69) is 21.4 Å². The second-order valence-corrected chi connectivity index (χ2v) is 11.2. The Kier molecular flexibility index (Phi) is 6.91. The number of carbonyl (C=O) groups is 2. The van der Waals surface area contributed by atoms with Crippen LogP contribution in [0.15, 0.2) is 22.7 Å². The summed E-state index contributed by atoms with van der Waals surface area (Å²) in [5.41, 5.74) is 4.22. The number of aryl methyl sites for hydroxylation is 1. The summed E-state index contributed by atoms with van der Waals surface area (Å²) in [5, 5.41) is 1.80. The van der Waals surface area contributed by atoms with E-state index in [4.69, 9.17) is 9.47 Å². The molecule has 1 unspecified atom stereocenters. The molecule has 3 rings (SSSR count). The minimum atomic E-state index is -0.549. The van der Waals surface area contributed by atoms with E-state index in [1.165, 1.54) is 0 Å². The number of esters is 1. The number of benzene rings is 1. The van der Waals surface area contributed by atoms with Crippen molar-refractivity contribution in [3.63, 3.8) is 0 Å². The lowest BCUT2D eigenvalue weighted by Gasteiger charge is -2.43. The van der Waals surface area contributed by atoms with Crippen LogP contribution in [0.3, 0.4) is 0 Å². The van der Waals surface area contributed by atoms with E-state index in [0.29, 0.717) is 26.1 Å². The SMILES string of the molecule is CC(C)(C)OC(=O)C1CCc2cc(Br)ccc2N(NC(=O)N2CC(OC(C)(C)C)C2)C1. The van der Waals surface area contributed by atoms with E-state index in [1.54, 1.807) is 9.91 Å². The normalized spacial score (nSPS) is 19.9. The largest absolute Gasteiger partial charge is 0.460 e. The Morgan fingerprint density at radius 3 is 2.35 bits per heavy atom. The van der Waals surface area contributed by atoms with Gasteiger partial charge < -0.3 is 14.4 Å². The number of carbonyl (C=O) groups excluding carboxylic acids is 2. The van der Waals surface area contributed by atoms with Gasteiger partial charge in [0.2, 0.25) is 0 Å². The lowest BCUT2D eigenvalue weighted by molar-refractivity contribution is -0.159. The molecule has 8 heteroatoms. The van der Waals surface area contributed by atoms with Gasteiger partial charge in [0.05, 0.1) is 42.9 Å². The molecule has 2 heterocycles. The molecule has 0 aromatic heterocycles. The van der Waals surface area contributed by atoms with Gasteiger partial charge >= 0.3 is 12.0 Å². The van der Waals surface area contributed by atoms with Crippen molar-refractivity contribution in [1.82, 2.24) is 10.3 Å². The Bertz CT molecular complexity index is 825. The molecule has 1 atom stereocenters. The van der Waals surface area contributed by atoms with Crippen molar-refractivity contribution in [1.29, 1.82) is 0 Å². The van der Waals surface area contributed by atoms with Crippen molar-refractivity contribution < 1.29 is 19.1 Å². The van der Waals surface area contributed by atoms with Crippen LogP contribution in [0.5, 0.6) is 0 Å². The summed E-state index contributed by atoms with van der Waals surface area (Å²) in [6.45, 7) is 13.1. The van der Waals surface area contributed by atoms with Gasteiger partial charge in [-0.1, -0.05) is 15.9 Å². The van der Waals surface area contributed by atoms with Gasteiger partial charge in [-0.3, -0.25) is 9.80 Å². The molecular formula is C23H34BrN3O4. The van der Waals surface area contributed by atoms with Crippen LogP contribution in [-0.4, -0.2) is 53.8 Å². The molecule has 31 heavy (non-hydrogen) atoms. The lowest BCUT2D eigenvalue weighted by Crippen LogP contribution is -2.61. The Labute approximate surface area is 193 Å². The molecule has 172 valence electrons. The first-order chi connectivity index (χ1) is 14.3. The van der Waals surface area contributed by atoms with Crippen molar-refractivity contribution >= 4 is 33.6 Å². The molecule has 1 fully saturated rings. The maximum Gasteiger partial charge on any atom is 0.336 e. The summed E-state index contributed by atoms with van der Waals surface area (Å²) in [7, 11) is 0. The highest BCUT2D eigenvalue weighted by Gasteiger charge is 2.36. The molecule has 2 aliphatic rings. The van der Waals surface area contributed by atoms with Crippen LogP contribution < -0.4 is 10.4 Å². The van der Waals surface area contributed by atoms with Crippen molar-refractivity contribution in [2.24, 2.45) is 5.92 Å². The molecule has 1 aromatic carbocycles. The van der Waals surface area contributed by atoms with Crippen LogP contribution in [0.2, 0.25) is 0 Å². The molecule has 1 aromatic rings. The molecular weight excluding hydrogens is 462 g/mol. The van der Waals surface area contributed by atoms with Gasteiger partial charge in [0, 0.05) is 4.47 Å². The number of urea groups is 1. The maximum atomic E-state index is 12.9. The van der Waals surface area contributed by atoms with Gasteiger partial charge in [-0.05, 0) is 78.1 Å². The molecule has 0 radical (unpaired) electrons. The standard InChI is InChI=1S/C23H34BrN3O4/c1-22(2,3)30-18-13-26(14-18)21(29)25-27-12-16(20(28)31-23(4,5)6)8-7-15-11-17(24)9-10-19(15)27/h9-11,16,18H,7-8,12-14H2,1-6H3,(H,25,29). The van der Waals surface area contributed by atoms with Crippen LogP contribution in [0.4, 0.5) is 10.5 Å². The van der Waals surface area contributed by atoms with E-state index in [0.717, 1.165) is 22.1 Å². The maximum absolute atomic E-state index is 12.9. The van der Waals surface area contributed by atoms with Crippen LogP contribution in [0.25, 0.3) is 0 Å². The molecule has 2 aliphatic heterocycles. The number of rotatable bonds is 3. The van der Waals surface area contributed by atoms with Gasteiger partial charge in [-0.25, -0.2) is 10.2 Å². The fourth-order valence-electron chi connectivity index (χ4n) is 3.81. The Balaban J connectivity index is 1.71. The zero-order valence-corrected chi connectivity index (χ0v) is 20.9. The monoisotopic (exact) mass is 495 g/mol. The van der Waals surface area contributed by atoms with E-state index in [-0.39, 0.29) is 29.6 Å². The quantitative estimate of drug-likeness (QED) is 0.633. The number of likely N-dealkylation sites (tertiary alicyclic amines) is 1. The average Bonchev–Trinajstić information content (AvgIpc) is 2.74.